The zero-order chi connectivity index (χ0) is 24.4. The summed E-state index contributed by atoms with van der Waals surface area (Å²) in [4.78, 5) is 23.8. The number of amides is 1. The number of carbonyl (C=O) groups is 1. The van der Waals surface area contributed by atoms with E-state index in [1.165, 1.54) is 11.8 Å². The van der Waals surface area contributed by atoms with Crippen LogP contribution in [0.4, 0.5) is 11.4 Å². The summed E-state index contributed by atoms with van der Waals surface area (Å²) in [7, 11) is 3.65. The molecule has 0 saturated carbocycles. The summed E-state index contributed by atoms with van der Waals surface area (Å²) in [6.07, 6.45) is 4.17. The number of thioether (sulfide) groups is 2. The first-order valence-electron chi connectivity index (χ1n) is 11.3. The lowest BCUT2D eigenvalue weighted by Crippen LogP contribution is -2.29. The quantitative estimate of drug-likeness (QED) is 0.283. The molecule has 0 atom stereocenters. The van der Waals surface area contributed by atoms with Gasteiger partial charge in [0.2, 0.25) is 0 Å². The van der Waals surface area contributed by atoms with Gasteiger partial charge in [0.15, 0.2) is 5.17 Å². The summed E-state index contributed by atoms with van der Waals surface area (Å²) < 4.78 is 5.38. The zero-order valence-electron chi connectivity index (χ0n) is 19.8. The van der Waals surface area contributed by atoms with Crippen LogP contribution < -0.4 is 9.64 Å². The maximum Gasteiger partial charge on any atom is 0.269 e. The van der Waals surface area contributed by atoms with Gasteiger partial charge in [0.05, 0.1) is 23.5 Å². The Morgan fingerprint density at radius 3 is 2.34 bits per heavy atom. The molecule has 5 rings (SSSR count). The van der Waals surface area contributed by atoms with Crippen LogP contribution in [0.3, 0.4) is 0 Å². The van der Waals surface area contributed by atoms with Crippen LogP contribution in [0.15, 0.2) is 92.6 Å². The van der Waals surface area contributed by atoms with Crippen LogP contribution in [0.1, 0.15) is 18.1 Å². The van der Waals surface area contributed by atoms with Crippen molar-refractivity contribution in [3.05, 3.63) is 93.9 Å². The summed E-state index contributed by atoms with van der Waals surface area (Å²) in [5.74, 6) is 0.792. The Morgan fingerprint density at radius 1 is 0.943 bits per heavy atom. The number of methoxy groups -OCH3 is 1. The number of fused-ring (bicyclic) bond motifs is 1. The third-order valence-electron chi connectivity index (χ3n) is 5.80. The fourth-order valence-electron chi connectivity index (χ4n) is 3.88. The number of carbonyl (C=O) groups excluding carboxylic acids is 1. The minimum atomic E-state index is -0.00668. The highest BCUT2D eigenvalue weighted by Gasteiger charge is 2.38. The van der Waals surface area contributed by atoms with Crippen molar-refractivity contribution in [2.24, 2.45) is 4.99 Å². The molecule has 0 radical (unpaired) electrons. The number of benzene rings is 3. The summed E-state index contributed by atoms with van der Waals surface area (Å²) in [6, 6.07) is 24.3. The first-order valence-corrected chi connectivity index (χ1v) is 13.0. The standard InChI is InChI=1S/C28H25N3O2S2/c1-4-31-26(32)25(27-30(2)23-18-22(33-3)16-17-24(23)34-27)35-28(31)29-21-14-12-20(13-15-21)11-10-19-8-6-5-7-9-19/h5-18H,4H2,1-3H3. The van der Waals surface area contributed by atoms with Gasteiger partial charge in [-0.3, -0.25) is 9.69 Å². The predicted molar refractivity (Wildman–Crippen MR) is 148 cm³/mol. The molecule has 0 aromatic heterocycles. The van der Waals surface area contributed by atoms with Gasteiger partial charge in [-0.05, 0) is 54.1 Å². The van der Waals surface area contributed by atoms with Gasteiger partial charge in [0, 0.05) is 24.6 Å². The van der Waals surface area contributed by atoms with E-state index in [9.17, 15) is 4.79 Å². The lowest BCUT2D eigenvalue weighted by Gasteiger charge is -2.15. The van der Waals surface area contributed by atoms with Gasteiger partial charge in [-0.1, -0.05) is 66.4 Å². The van der Waals surface area contributed by atoms with Gasteiger partial charge < -0.3 is 9.64 Å². The van der Waals surface area contributed by atoms with E-state index in [1.54, 1.807) is 23.8 Å². The zero-order valence-corrected chi connectivity index (χ0v) is 21.4. The second kappa shape index (κ2) is 10.1. The van der Waals surface area contributed by atoms with Crippen LogP contribution in [0, 0.1) is 0 Å². The number of amidine groups is 1. The van der Waals surface area contributed by atoms with Crippen molar-refractivity contribution in [2.45, 2.75) is 11.8 Å². The molecule has 2 aliphatic heterocycles. The van der Waals surface area contributed by atoms with E-state index in [-0.39, 0.29) is 5.91 Å². The van der Waals surface area contributed by atoms with Gasteiger partial charge in [-0.2, -0.15) is 0 Å². The highest BCUT2D eigenvalue weighted by molar-refractivity contribution is 8.19. The second-order valence-electron chi connectivity index (χ2n) is 8.01. The first kappa shape index (κ1) is 23.3. The summed E-state index contributed by atoms with van der Waals surface area (Å²) in [5, 5.41) is 1.63. The van der Waals surface area contributed by atoms with E-state index in [0.717, 1.165) is 38.2 Å². The average Bonchev–Trinajstić information content (AvgIpc) is 3.39. The molecule has 35 heavy (non-hydrogen) atoms. The summed E-state index contributed by atoms with van der Waals surface area (Å²) in [6.45, 7) is 2.54. The van der Waals surface area contributed by atoms with Crippen molar-refractivity contribution >= 4 is 58.1 Å². The molecule has 7 heteroatoms. The summed E-state index contributed by atoms with van der Waals surface area (Å²) >= 11 is 3.05. The van der Waals surface area contributed by atoms with Crippen LogP contribution in [-0.2, 0) is 4.79 Å². The molecule has 1 saturated heterocycles. The highest BCUT2D eigenvalue weighted by atomic mass is 32.2. The monoisotopic (exact) mass is 499 g/mol. The van der Waals surface area contributed by atoms with Gasteiger partial charge >= 0.3 is 0 Å². The molecule has 0 spiro atoms. The Morgan fingerprint density at radius 2 is 1.66 bits per heavy atom. The molecule has 3 aromatic carbocycles. The summed E-state index contributed by atoms with van der Waals surface area (Å²) in [5.41, 5.74) is 4.12. The first-order chi connectivity index (χ1) is 17.1. The third kappa shape index (κ3) is 4.74. The fraction of sp³-hybridized carbons (Fsp3) is 0.143. The molecule has 1 fully saturated rings. The number of ether oxygens (including phenoxy) is 1. The Hall–Kier alpha value is -3.42. The van der Waals surface area contributed by atoms with E-state index in [2.05, 4.69) is 29.2 Å². The van der Waals surface area contributed by atoms with Crippen molar-refractivity contribution in [1.82, 2.24) is 4.90 Å². The molecular formula is C28H25N3O2S2. The van der Waals surface area contributed by atoms with E-state index in [0.29, 0.717) is 16.6 Å². The van der Waals surface area contributed by atoms with Crippen LogP contribution in [0.25, 0.3) is 12.2 Å². The Bertz CT molecular complexity index is 1350. The van der Waals surface area contributed by atoms with Gasteiger partial charge in [0.25, 0.3) is 5.91 Å². The average molecular weight is 500 g/mol. The normalized spacial score (nSPS) is 18.7. The van der Waals surface area contributed by atoms with Crippen LogP contribution in [-0.4, -0.2) is 36.7 Å². The SMILES string of the molecule is CCN1C(=O)C(=C2Sc3ccc(OC)cc3N2C)SC1=Nc1ccc(C=Cc2ccccc2)cc1. The Balaban J connectivity index is 1.39. The number of aliphatic imine (C=N–C) groups is 1. The molecule has 0 unspecified atom stereocenters. The van der Waals surface area contributed by atoms with Crippen LogP contribution in [0.5, 0.6) is 5.75 Å². The van der Waals surface area contributed by atoms with E-state index < -0.39 is 0 Å². The maximum absolute atomic E-state index is 13.3. The minimum Gasteiger partial charge on any atom is -0.497 e. The lowest BCUT2D eigenvalue weighted by atomic mass is 10.1. The fourth-order valence-corrected chi connectivity index (χ4v) is 6.26. The number of rotatable bonds is 5. The van der Waals surface area contributed by atoms with Gasteiger partial charge in [0.1, 0.15) is 10.7 Å². The number of nitrogens with zero attached hydrogens (tertiary/aromatic N) is 3. The molecule has 5 nitrogen and oxygen atoms in total. The predicted octanol–water partition coefficient (Wildman–Crippen LogP) is 6.86. The molecule has 176 valence electrons. The van der Waals surface area contributed by atoms with Gasteiger partial charge in [-0.25, -0.2) is 4.99 Å². The second-order valence-corrected chi connectivity index (χ2v) is 10.0. The number of hydrogen-bond donors (Lipinski definition) is 0. The van der Waals surface area contributed by atoms with Crippen molar-refractivity contribution in [2.75, 3.05) is 25.6 Å². The largest absolute Gasteiger partial charge is 0.497 e. The Kier molecular flexibility index (Phi) is 6.70. The highest BCUT2D eigenvalue weighted by Crippen LogP contribution is 2.51. The van der Waals surface area contributed by atoms with Crippen LogP contribution in [0.2, 0.25) is 0 Å². The topological polar surface area (TPSA) is 45.1 Å². The number of hydrogen-bond acceptors (Lipinski definition) is 6. The van der Waals surface area contributed by atoms with Crippen molar-refractivity contribution in [3.8, 4) is 5.75 Å². The minimum absolute atomic E-state index is 0.00668. The van der Waals surface area contributed by atoms with Crippen molar-refractivity contribution in [3.63, 3.8) is 0 Å². The molecule has 3 aromatic rings. The molecule has 1 amide bonds. The maximum atomic E-state index is 13.3. The van der Waals surface area contributed by atoms with Gasteiger partial charge in [-0.15, -0.1) is 0 Å². The molecular weight excluding hydrogens is 474 g/mol. The number of anilines is 1. The molecule has 0 aliphatic carbocycles. The third-order valence-corrected chi connectivity index (χ3v) is 8.23. The van der Waals surface area contributed by atoms with E-state index in [4.69, 9.17) is 9.73 Å². The smallest absolute Gasteiger partial charge is 0.269 e. The number of likely N-dealkylation sites (N-methyl/N-ethyl adjacent to an activating group) is 1. The molecule has 0 N–H and O–H groups in total. The molecule has 0 bridgehead atoms. The van der Waals surface area contributed by atoms with Crippen molar-refractivity contribution in [1.29, 1.82) is 0 Å². The molecule has 2 aliphatic rings. The Labute approximate surface area is 214 Å². The lowest BCUT2D eigenvalue weighted by molar-refractivity contribution is -0.122. The van der Waals surface area contributed by atoms with E-state index >= 15 is 0 Å². The van der Waals surface area contributed by atoms with Crippen molar-refractivity contribution < 1.29 is 9.53 Å². The van der Waals surface area contributed by atoms with E-state index in [1.807, 2.05) is 74.6 Å². The molecule has 2 heterocycles. The van der Waals surface area contributed by atoms with Crippen LogP contribution >= 0.6 is 23.5 Å².